The predicted octanol–water partition coefficient (Wildman–Crippen LogP) is 2.48. The molecule has 0 aliphatic heterocycles. The molecule has 100 valence electrons. The van der Waals surface area contributed by atoms with Crippen molar-refractivity contribution >= 4 is 27.7 Å². The molecule has 2 rings (SSSR count). The number of hydrogen-bond donors (Lipinski definition) is 2. The SMILES string of the molecule is CCCc1nc(C(=O)Nc2cc(C)c(Br)cn2)n[nH]1. The number of aryl methyl sites for hydroxylation is 2. The van der Waals surface area contributed by atoms with Crippen LogP contribution in [0.4, 0.5) is 5.82 Å². The molecule has 0 bridgehead atoms. The highest BCUT2D eigenvalue weighted by molar-refractivity contribution is 9.10. The van der Waals surface area contributed by atoms with Gasteiger partial charge in [0.05, 0.1) is 0 Å². The number of anilines is 1. The van der Waals surface area contributed by atoms with Crippen molar-refractivity contribution in [2.45, 2.75) is 26.7 Å². The Hall–Kier alpha value is -1.76. The van der Waals surface area contributed by atoms with E-state index in [4.69, 9.17) is 0 Å². The van der Waals surface area contributed by atoms with Crippen LogP contribution in [0.25, 0.3) is 0 Å². The molecule has 2 N–H and O–H groups in total. The van der Waals surface area contributed by atoms with E-state index >= 15 is 0 Å². The molecule has 0 unspecified atom stereocenters. The number of nitrogens with zero attached hydrogens (tertiary/aromatic N) is 3. The molecule has 2 heterocycles. The van der Waals surface area contributed by atoms with Gasteiger partial charge < -0.3 is 5.32 Å². The zero-order valence-corrected chi connectivity index (χ0v) is 12.3. The molecule has 0 aliphatic rings. The van der Waals surface area contributed by atoms with Crippen molar-refractivity contribution in [2.75, 3.05) is 5.32 Å². The molecular formula is C12H14BrN5O. The third-order valence-corrected chi connectivity index (χ3v) is 3.34. The number of nitrogens with one attached hydrogen (secondary N) is 2. The van der Waals surface area contributed by atoms with Crippen molar-refractivity contribution < 1.29 is 4.79 Å². The van der Waals surface area contributed by atoms with E-state index in [2.05, 4.69) is 41.4 Å². The summed E-state index contributed by atoms with van der Waals surface area (Å²) in [6.07, 6.45) is 3.37. The molecule has 0 saturated heterocycles. The molecule has 0 aromatic carbocycles. The van der Waals surface area contributed by atoms with Crippen LogP contribution >= 0.6 is 15.9 Å². The van der Waals surface area contributed by atoms with Crippen LogP contribution in [0.1, 0.15) is 35.4 Å². The molecule has 0 fully saturated rings. The largest absolute Gasteiger partial charge is 0.304 e. The first-order valence-corrected chi connectivity index (χ1v) is 6.74. The molecule has 2 aromatic heterocycles. The summed E-state index contributed by atoms with van der Waals surface area (Å²) in [5, 5.41) is 9.30. The quantitative estimate of drug-likeness (QED) is 0.905. The van der Waals surface area contributed by atoms with E-state index < -0.39 is 0 Å². The minimum atomic E-state index is -0.368. The van der Waals surface area contributed by atoms with Crippen LogP contribution in [0, 0.1) is 6.92 Å². The summed E-state index contributed by atoms with van der Waals surface area (Å²) in [6, 6.07) is 1.78. The van der Waals surface area contributed by atoms with Gasteiger partial charge in [-0.05, 0) is 40.9 Å². The predicted molar refractivity (Wildman–Crippen MR) is 75.0 cm³/mol. The highest BCUT2D eigenvalue weighted by atomic mass is 79.9. The van der Waals surface area contributed by atoms with E-state index in [1.54, 1.807) is 12.3 Å². The third-order valence-electron chi connectivity index (χ3n) is 2.51. The Morgan fingerprint density at radius 1 is 1.53 bits per heavy atom. The summed E-state index contributed by atoms with van der Waals surface area (Å²) < 4.78 is 0.897. The fraction of sp³-hybridized carbons (Fsp3) is 0.333. The number of aromatic nitrogens is 4. The highest BCUT2D eigenvalue weighted by Gasteiger charge is 2.13. The molecule has 19 heavy (non-hydrogen) atoms. The molecule has 0 radical (unpaired) electrons. The molecule has 0 spiro atoms. The number of amides is 1. The average Bonchev–Trinajstić information content (AvgIpc) is 2.83. The first-order chi connectivity index (χ1) is 9.10. The Kier molecular flexibility index (Phi) is 4.26. The lowest BCUT2D eigenvalue weighted by atomic mass is 10.3. The van der Waals surface area contributed by atoms with Gasteiger partial charge in [-0.25, -0.2) is 9.97 Å². The molecule has 7 heteroatoms. The van der Waals surface area contributed by atoms with Gasteiger partial charge in [-0.2, -0.15) is 0 Å². The summed E-state index contributed by atoms with van der Waals surface area (Å²) in [4.78, 5) is 20.1. The Labute approximate surface area is 119 Å². The molecule has 1 amide bonds. The van der Waals surface area contributed by atoms with E-state index in [9.17, 15) is 4.79 Å². The Morgan fingerprint density at radius 2 is 2.32 bits per heavy atom. The molecule has 0 saturated carbocycles. The van der Waals surface area contributed by atoms with Gasteiger partial charge in [0.1, 0.15) is 11.6 Å². The summed E-state index contributed by atoms with van der Waals surface area (Å²) in [6.45, 7) is 3.96. The summed E-state index contributed by atoms with van der Waals surface area (Å²) in [5.74, 6) is 0.957. The Balaban J connectivity index is 2.09. The first kappa shape index (κ1) is 13.7. The molecule has 0 aliphatic carbocycles. The average molecular weight is 324 g/mol. The van der Waals surface area contributed by atoms with Crippen molar-refractivity contribution in [3.63, 3.8) is 0 Å². The number of aromatic amines is 1. The van der Waals surface area contributed by atoms with Crippen molar-refractivity contribution in [3.05, 3.63) is 33.9 Å². The molecule has 6 nitrogen and oxygen atoms in total. The van der Waals surface area contributed by atoms with Gasteiger partial charge in [0.15, 0.2) is 0 Å². The number of hydrogen-bond acceptors (Lipinski definition) is 4. The zero-order chi connectivity index (χ0) is 13.8. The van der Waals surface area contributed by atoms with Crippen LogP contribution in [0.2, 0.25) is 0 Å². The van der Waals surface area contributed by atoms with Gasteiger partial charge in [-0.15, -0.1) is 5.10 Å². The van der Waals surface area contributed by atoms with Crippen molar-refractivity contribution in [1.82, 2.24) is 20.2 Å². The highest BCUT2D eigenvalue weighted by Crippen LogP contribution is 2.17. The molecule has 0 atom stereocenters. The number of carbonyl (C=O) groups excluding carboxylic acids is 1. The maximum Gasteiger partial charge on any atom is 0.296 e. The zero-order valence-electron chi connectivity index (χ0n) is 10.7. The number of carbonyl (C=O) groups is 1. The number of H-pyrrole nitrogens is 1. The van der Waals surface area contributed by atoms with Crippen LogP contribution in [-0.2, 0) is 6.42 Å². The van der Waals surface area contributed by atoms with Gasteiger partial charge in [0, 0.05) is 17.1 Å². The second-order valence-corrected chi connectivity index (χ2v) is 4.98. The van der Waals surface area contributed by atoms with Crippen molar-refractivity contribution in [3.8, 4) is 0 Å². The van der Waals surface area contributed by atoms with E-state index in [1.807, 2.05) is 13.8 Å². The van der Waals surface area contributed by atoms with Crippen LogP contribution in [0.15, 0.2) is 16.7 Å². The standard InChI is InChI=1S/C12H14BrN5O/c1-3-4-9-15-11(18-17-9)12(19)16-10-5-7(2)8(13)6-14-10/h5-6H,3-4H2,1-2H3,(H,14,16,19)(H,15,17,18). The summed E-state index contributed by atoms with van der Waals surface area (Å²) in [5.41, 5.74) is 0.993. The third kappa shape index (κ3) is 3.37. The van der Waals surface area contributed by atoms with Crippen LogP contribution < -0.4 is 5.32 Å². The van der Waals surface area contributed by atoms with Crippen LogP contribution in [-0.4, -0.2) is 26.1 Å². The second kappa shape index (κ2) is 5.92. The van der Waals surface area contributed by atoms with E-state index in [-0.39, 0.29) is 11.7 Å². The van der Waals surface area contributed by atoms with Gasteiger partial charge in [-0.1, -0.05) is 6.92 Å². The van der Waals surface area contributed by atoms with Crippen LogP contribution in [0.3, 0.4) is 0 Å². The van der Waals surface area contributed by atoms with Crippen LogP contribution in [0.5, 0.6) is 0 Å². The lowest BCUT2D eigenvalue weighted by molar-refractivity contribution is 0.101. The smallest absolute Gasteiger partial charge is 0.296 e. The van der Waals surface area contributed by atoms with E-state index in [1.165, 1.54) is 0 Å². The monoisotopic (exact) mass is 323 g/mol. The Bertz CT molecular complexity index is 596. The number of rotatable bonds is 4. The topological polar surface area (TPSA) is 83.6 Å². The lowest BCUT2D eigenvalue weighted by Gasteiger charge is -2.03. The Morgan fingerprint density at radius 3 is 3.00 bits per heavy atom. The number of pyridine rings is 1. The van der Waals surface area contributed by atoms with Crippen molar-refractivity contribution in [1.29, 1.82) is 0 Å². The summed E-state index contributed by atoms with van der Waals surface area (Å²) in [7, 11) is 0. The minimum absolute atomic E-state index is 0.130. The van der Waals surface area contributed by atoms with E-state index in [0.717, 1.165) is 22.9 Å². The fourth-order valence-electron chi connectivity index (χ4n) is 1.53. The molecular weight excluding hydrogens is 310 g/mol. The first-order valence-electron chi connectivity index (χ1n) is 5.95. The van der Waals surface area contributed by atoms with Crippen molar-refractivity contribution in [2.24, 2.45) is 0 Å². The van der Waals surface area contributed by atoms with Gasteiger partial charge >= 0.3 is 0 Å². The number of halogens is 1. The lowest BCUT2D eigenvalue weighted by Crippen LogP contribution is -2.15. The maximum absolute atomic E-state index is 11.9. The van der Waals surface area contributed by atoms with Gasteiger partial charge in [0.2, 0.25) is 5.82 Å². The normalized spacial score (nSPS) is 10.5. The van der Waals surface area contributed by atoms with E-state index in [0.29, 0.717) is 11.6 Å². The molecule has 2 aromatic rings. The van der Waals surface area contributed by atoms with Gasteiger partial charge in [-0.3, -0.25) is 9.89 Å². The second-order valence-electron chi connectivity index (χ2n) is 4.13. The minimum Gasteiger partial charge on any atom is -0.304 e. The maximum atomic E-state index is 11.9. The summed E-state index contributed by atoms with van der Waals surface area (Å²) >= 11 is 3.36. The van der Waals surface area contributed by atoms with Gasteiger partial charge in [0.25, 0.3) is 5.91 Å². The fourth-order valence-corrected chi connectivity index (χ4v) is 1.74.